The summed E-state index contributed by atoms with van der Waals surface area (Å²) >= 11 is 0. The van der Waals surface area contributed by atoms with E-state index in [2.05, 4.69) is 9.64 Å². The van der Waals surface area contributed by atoms with E-state index < -0.39 is 12.5 Å². The van der Waals surface area contributed by atoms with E-state index in [1.54, 1.807) is 31.4 Å². The van der Waals surface area contributed by atoms with Crippen LogP contribution in [0.4, 0.5) is 17.6 Å². The SMILES string of the molecule is COC(CN1CCC(C(O)c2ccc(F)cc2)CC1)c1ccc(OC(F)(F)F)cc1. The average Bonchev–Trinajstić information content (AvgIpc) is 2.72. The highest BCUT2D eigenvalue weighted by atomic mass is 19.4. The maximum atomic E-state index is 13.1. The van der Waals surface area contributed by atoms with Gasteiger partial charge >= 0.3 is 6.36 Å². The van der Waals surface area contributed by atoms with E-state index >= 15 is 0 Å². The van der Waals surface area contributed by atoms with E-state index in [4.69, 9.17) is 4.74 Å². The lowest BCUT2D eigenvalue weighted by Crippen LogP contribution is -2.38. The maximum Gasteiger partial charge on any atom is 0.573 e. The normalized spacial score (nSPS) is 18.2. The van der Waals surface area contributed by atoms with Crippen LogP contribution >= 0.6 is 0 Å². The number of methoxy groups -OCH3 is 1. The predicted octanol–water partition coefficient (Wildman–Crippen LogP) is 4.86. The highest BCUT2D eigenvalue weighted by Gasteiger charge is 2.31. The van der Waals surface area contributed by atoms with Crippen molar-refractivity contribution in [1.29, 1.82) is 0 Å². The Bertz CT molecular complexity index is 788. The number of hydrogen-bond acceptors (Lipinski definition) is 4. The summed E-state index contributed by atoms with van der Waals surface area (Å²) < 4.78 is 59.4. The van der Waals surface area contributed by atoms with Crippen molar-refractivity contribution in [2.45, 2.75) is 31.4 Å². The van der Waals surface area contributed by atoms with Crippen molar-refractivity contribution >= 4 is 0 Å². The van der Waals surface area contributed by atoms with E-state index in [-0.39, 0.29) is 23.6 Å². The molecule has 0 amide bonds. The van der Waals surface area contributed by atoms with Crippen molar-refractivity contribution in [2.75, 3.05) is 26.7 Å². The minimum Gasteiger partial charge on any atom is -0.406 e. The van der Waals surface area contributed by atoms with Gasteiger partial charge < -0.3 is 19.5 Å². The molecule has 1 heterocycles. The van der Waals surface area contributed by atoms with Crippen molar-refractivity contribution in [2.24, 2.45) is 5.92 Å². The summed E-state index contributed by atoms with van der Waals surface area (Å²) in [6.07, 6.45) is -4.07. The minimum absolute atomic E-state index is 0.0894. The topological polar surface area (TPSA) is 41.9 Å². The van der Waals surface area contributed by atoms with Crippen molar-refractivity contribution in [3.8, 4) is 5.75 Å². The Hall–Kier alpha value is -2.16. The Balaban J connectivity index is 1.53. The van der Waals surface area contributed by atoms with E-state index in [1.807, 2.05) is 0 Å². The first-order valence-electron chi connectivity index (χ1n) is 9.79. The Morgan fingerprint density at radius 1 is 1.00 bits per heavy atom. The molecular weight excluding hydrogens is 402 g/mol. The van der Waals surface area contributed by atoms with Crippen LogP contribution in [0, 0.1) is 11.7 Å². The van der Waals surface area contributed by atoms with Crippen molar-refractivity contribution < 1.29 is 32.1 Å². The average molecular weight is 427 g/mol. The molecule has 0 bridgehead atoms. The molecule has 8 heteroatoms. The number of likely N-dealkylation sites (tertiary alicyclic amines) is 1. The molecular formula is C22H25F4NO3. The fraction of sp³-hybridized carbons (Fsp3) is 0.455. The molecule has 1 aliphatic rings. The molecule has 0 aromatic heterocycles. The zero-order valence-corrected chi connectivity index (χ0v) is 16.6. The van der Waals surface area contributed by atoms with Gasteiger partial charge in [-0.1, -0.05) is 24.3 Å². The number of alkyl halides is 3. The van der Waals surface area contributed by atoms with Gasteiger partial charge in [0.2, 0.25) is 0 Å². The summed E-state index contributed by atoms with van der Waals surface area (Å²) in [4.78, 5) is 2.21. The molecule has 30 heavy (non-hydrogen) atoms. The van der Waals surface area contributed by atoms with E-state index in [0.29, 0.717) is 12.1 Å². The molecule has 2 aromatic carbocycles. The van der Waals surface area contributed by atoms with Crippen molar-refractivity contribution in [3.05, 3.63) is 65.5 Å². The standard InChI is InChI=1S/C22H25F4NO3/c1-29-20(15-4-8-19(9-5-15)30-22(24,25)26)14-27-12-10-17(11-13-27)21(28)16-2-6-18(23)7-3-16/h2-9,17,20-21,28H,10-14H2,1H3. The number of aliphatic hydroxyl groups is 1. The Kier molecular flexibility index (Phi) is 7.33. The fourth-order valence-corrected chi connectivity index (χ4v) is 3.82. The van der Waals surface area contributed by atoms with E-state index in [9.17, 15) is 22.7 Å². The molecule has 2 aromatic rings. The Morgan fingerprint density at radius 3 is 2.10 bits per heavy atom. The quantitative estimate of drug-likeness (QED) is 0.641. The molecule has 1 aliphatic heterocycles. The Morgan fingerprint density at radius 2 is 1.57 bits per heavy atom. The number of nitrogens with zero attached hydrogens (tertiary/aromatic N) is 1. The van der Waals surface area contributed by atoms with Crippen LogP contribution in [-0.4, -0.2) is 43.1 Å². The van der Waals surface area contributed by atoms with Gasteiger partial charge in [0.1, 0.15) is 11.6 Å². The highest BCUT2D eigenvalue weighted by Crippen LogP contribution is 2.32. The summed E-state index contributed by atoms with van der Waals surface area (Å²) in [6, 6.07) is 11.6. The third kappa shape index (κ3) is 6.17. The number of hydrogen-bond donors (Lipinski definition) is 1. The predicted molar refractivity (Wildman–Crippen MR) is 103 cm³/mol. The van der Waals surface area contributed by atoms with Crippen LogP contribution in [0.3, 0.4) is 0 Å². The van der Waals surface area contributed by atoms with Crippen molar-refractivity contribution in [3.63, 3.8) is 0 Å². The van der Waals surface area contributed by atoms with Gasteiger partial charge in [-0.15, -0.1) is 13.2 Å². The van der Waals surface area contributed by atoms with Crippen LogP contribution in [0.5, 0.6) is 5.75 Å². The van der Waals surface area contributed by atoms with Gasteiger partial charge in [-0.2, -0.15) is 0 Å². The number of benzene rings is 2. The van der Waals surface area contributed by atoms with Gasteiger partial charge in [0.25, 0.3) is 0 Å². The summed E-state index contributed by atoms with van der Waals surface area (Å²) in [5.41, 5.74) is 1.48. The molecule has 3 rings (SSSR count). The van der Waals surface area contributed by atoms with Crippen LogP contribution in [0.15, 0.2) is 48.5 Å². The fourth-order valence-electron chi connectivity index (χ4n) is 3.82. The number of halogens is 4. The molecule has 2 unspecified atom stereocenters. The summed E-state index contributed by atoms with van der Waals surface area (Å²) in [5, 5.41) is 10.6. The summed E-state index contributed by atoms with van der Waals surface area (Å²) in [6.45, 7) is 2.12. The van der Waals surface area contributed by atoms with Gasteiger partial charge in [-0.05, 0) is 67.2 Å². The first kappa shape index (κ1) is 22.5. The molecule has 0 aliphatic carbocycles. The number of piperidine rings is 1. The number of rotatable bonds is 7. The number of ether oxygens (including phenoxy) is 2. The second-order valence-corrected chi connectivity index (χ2v) is 7.48. The van der Waals surface area contributed by atoms with Gasteiger partial charge in [0.15, 0.2) is 0 Å². The number of aliphatic hydroxyl groups excluding tert-OH is 1. The van der Waals surface area contributed by atoms with Gasteiger partial charge in [0, 0.05) is 13.7 Å². The summed E-state index contributed by atoms with van der Waals surface area (Å²) in [5.74, 6) is -0.507. The zero-order chi connectivity index (χ0) is 21.7. The van der Waals surface area contributed by atoms with Crippen molar-refractivity contribution in [1.82, 2.24) is 4.90 Å². The first-order valence-corrected chi connectivity index (χ1v) is 9.79. The van der Waals surface area contributed by atoms with E-state index in [0.717, 1.165) is 31.5 Å². The molecule has 0 saturated carbocycles. The van der Waals surface area contributed by atoms with E-state index in [1.165, 1.54) is 24.3 Å². The third-order valence-electron chi connectivity index (χ3n) is 5.48. The largest absolute Gasteiger partial charge is 0.573 e. The highest BCUT2D eigenvalue weighted by molar-refractivity contribution is 5.29. The lowest BCUT2D eigenvalue weighted by molar-refractivity contribution is -0.274. The van der Waals surface area contributed by atoms with Gasteiger partial charge in [-0.25, -0.2) is 4.39 Å². The second-order valence-electron chi connectivity index (χ2n) is 7.48. The minimum atomic E-state index is -4.72. The zero-order valence-electron chi connectivity index (χ0n) is 16.6. The molecule has 2 atom stereocenters. The maximum absolute atomic E-state index is 13.1. The first-order chi connectivity index (χ1) is 14.2. The Labute approximate surface area is 173 Å². The summed E-state index contributed by atoms with van der Waals surface area (Å²) in [7, 11) is 1.57. The smallest absolute Gasteiger partial charge is 0.406 e. The molecule has 1 N–H and O–H groups in total. The second kappa shape index (κ2) is 9.76. The molecule has 4 nitrogen and oxygen atoms in total. The molecule has 1 fully saturated rings. The van der Waals surface area contributed by atoms with Crippen LogP contribution in [-0.2, 0) is 4.74 Å². The van der Waals surface area contributed by atoms with Crippen LogP contribution < -0.4 is 4.74 Å². The lowest BCUT2D eigenvalue weighted by Gasteiger charge is -2.36. The van der Waals surface area contributed by atoms with Crippen LogP contribution in [0.25, 0.3) is 0 Å². The molecule has 1 saturated heterocycles. The monoisotopic (exact) mass is 427 g/mol. The molecule has 0 radical (unpaired) electrons. The van der Waals surface area contributed by atoms with Gasteiger partial charge in [0.05, 0.1) is 12.2 Å². The molecule has 0 spiro atoms. The van der Waals surface area contributed by atoms with Gasteiger partial charge in [-0.3, -0.25) is 0 Å². The van der Waals surface area contributed by atoms with Crippen LogP contribution in [0.1, 0.15) is 36.2 Å². The molecule has 164 valence electrons. The lowest BCUT2D eigenvalue weighted by atomic mass is 9.87. The van der Waals surface area contributed by atoms with Crippen LogP contribution in [0.2, 0.25) is 0 Å². The third-order valence-corrected chi connectivity index (χ3v) is 5.48.